The zero-order valence-corrected chi connectivity index (χ0v) is 16.5. The van der Waals surface area contributed by atoms with Crippen molar-refractivity contribution < 1.29 is 9.53 Å². The van der Waals surface area contributed by atoms with Gasteiger partial charge in [-0.1, -0.05) is 0 Å². The second-order valence-electron chi connectivity index (χ2n) is 6.72. The number of hydrogen-bond acceptors (Lipinski definition) is 4. The predicted molar refractivity (Wildman–Crippen MR) is 114 cm³/mol. The largest absolute Gasteiger partial charge is 0.497 e. The van der Waals surface area contributed by atoms with Crippen molar-refractivity contribution in [2.45, 2.75) is 32.2 Å². The maximum atomic E-state index is 12.3. The molecule has 0 radical (unpaired) electrons. The summed E-state index contributed by atoms with van der Waals surface area (Å²) in [6.45, 7) is 3.37. The number of amides is 1. The van der Waals surface area contributed by atoms with E-state index in [1.807, 2.05) is 12.1 Å². The highest BCUT2D eigenvalue weighted by Gasteiger charge is 2.18. The third-order valence-electron chi connectivity index (χ3n) is 4.84. The Bertz CT molecular complexity index is 790. The SMILES string of the molecule is COc1ccc(C(=O)NC(=S)Nc2ccc(N3CCCC[C@@H]3C)cc2)cc1. The topological polar surface area (TPSA) is 53.6 Å². The maximum absolute atomic E-state index is 12.3. The van der Waals surface area contributed by atoms with Gasteiger partial charge in [-0.25, -0.2) is 0 Å². The molecule has 2 aromatic carbocycles. The minimum Gasteiger partial charge on any atom is -0.497 e. The van der Waals surface area contributed by atoms with E-state index in [0.29, 0.717) is 17.4 Å². The Morgan fingerprint density at radius 1 is 1.11 bits per heavy atom. The molecular weight excluding hydrogens is 358 g/mol. The molecule has 1 aliphatic rings. The molecule has 1 fully saturated rings. The van der Waals surface area contributed by atoms with Crippen LogP contribution < -0.4 is 20.3 Å². The molecule has 1 saturated heterocycles. The van der Waals surface area contributed by atoms with Crippen molar-refractivity contribution in [3.05, 3.63) is 54.1 Å². The molecule has 0 bridgehead atoms. The monoisotopic (exact) mass is 383 g/mol. The van der Waals surface area contributed by atoms with Gasteiger partial charge in [0.15, 0.2) is 5.11 Å². The van der Waals surface area contributed by atoms with Gasteiger partial charge in [-0.2, -0.15) is 0 Å². The van der Waals surface area contributed by atoms with E-state index in [0.717, 1.165) is 12.2 Å². The number of carbonyl (C=O) groups is 1. The lowest BCUT2D eigenvalue weighted by atomic mass is 10.0. The fourth-order valence-electron chi connectivity index (χ4n) is 3.30. The highest BCUT2D eigenvalue weighted by atomic mass is 32.1. The van der Waals surface area contributed by atoms with Crippen LogP contribution in [0.2, 0.25) is 0 Å². The molecule has 6 heteroatoms. The van der Waals surface area contributed by atoms with Crippen molar-refractivity contribution in [1.29, 1.82) is 0 Å². The van der Waals surface area contributed by atoms with Gasteiger partial charge in [0.25, 0.3) is 5.91 Å². The fourth-order valence-corrected chi connectivity index (χ4v) is 3.51. The van der Waals surface area contributed by atoms with Crippen LogP contribution in [0.25, 0.3) is 0 Å². The Hall–Kier alpha value is -2.60. The molecule has 0 aromatic heterocycles. The number of nitrogens with zero attached hydrogens (tertiary/aromatic N) is 1. The minimum absolute atomic E-state index is 0.256. The Morgan fingerprint density at radius 2 is 1.81 bits per heavy atom. The first-order valence-corrected chi connectivity index (χ1v) is 9.61. The highest BCUT2D eigenvalue weighted by Crippen LogP contribution is 2.25. The zero-order valence-electron chi connectivity index (χ0n) is 15.7. The van der Waals surface area contributed by atoms with Crippen molar-refractivity contribution >= 4 is 34.6 Å². The van der Waals surface area contributed by atoms with Crippen LogP contribution >= 0.6 is 12.2 Å². The van der Waals surface area contributed by atoms with E-state index in [1.54, 1.807) is 31.4 Å². The van der Waals surface area contributed by atoms with Crippen LogP contribution in [0.4, 0.5) is 11.4 Å². The lowest BCUT2D eigenvalue weighted by Crippen LogP contribution is -2.37. The predicted octanol–water partition coefficient (Wildman–Crippen LogP) is 4.20. The van der Waals surface area contributed by atoms with Crippen LogP contribution in [0, 0.1) is 0 Å². The van der Waals surface area contributed by atoms with Crippen LogP contribution in [-0.2, 0) is 0 Å². The lowest BCUT2D eigenvalue weighted by molar-refractivity contribution is 0.0977. The number of rotatable bonds is 4. The van der Waals surface area contributed by atoms with E-state index in [4.69, 9.17) is 17.0 Å². The molecule has 0 spiro atoms. The normalized spacial score (nSPS) is 16.5. The number of methoxy groups -OCH3 is 1. The number of piperidine rings is 1. The molecule has 1 amide bonds. The van der Waals surface area contributed by atoms with Crippen molar-refractivity contribution in [3.63, 3.8) is 0 Å². The summed E-state index contributed by atoms with van der Waals surface area (Å²) < 4.78 is 5.10. The molecule has 1 heterocycles. The summed E-state index contributed by atoms with van der Waals surface area (Å²) in [5.41, 5.74) is 2.60. The number of anilines is 2. The molecule has 0 aliphatic carbocycles. The van der Waals surface area contributed by atoms with E-state index in [9.17, 15) is 4.79 Å². The van der Waals surface area contributed by atoms with Gasteiger partial charge in [0.05, 0.1) is 7.11 Å². The van der Waals surface area contributed by atoms with Gasteiger partial charge in [-0.15, -0.1) is 0 Å². The van der Waals surface area contributed by atoms with E-state index in [-0.39, 0.29) is 11.0 Å². The molecule has 142 valence electrons. The third-order valence-corrected chi connectivity index (χ3v) is 5.04. The van der Waals surface area contributed by atoms with E-state index in [2.05, 4.69) is 34.6 Å². The van der Waals surface area contributed by atoms with E-state index >= 15 is 0 Å². The first-order valence-electron chi connectivity index (χ1n) is 9.20. The molecule has 2 aromatic rings. The summed E-state index contributed by atoms with van der Waals surface area (Å²) in [4.78, 5) is 14.7. The second kappa shape index (κ2) is 8.86. The van der Waals surface area contributed by atoms with Gasteiger partial charge in [-0.3, -0.25) is 10.1 Å². The second-order valence-corrected chi connectivity index (χ2v) is 7.13. The number of nitrogens with one attached hydrogen (secondary N) is 2. The molecule has 5 nitrogen and oxygen atoms in total. The highest BCUT2D eigenvalue weighted by molar-refractivity contribution is 7.80. The smallest absolute Gasteiger partial charge is 0.257 e. The lowest BCUT2D eigenvalue weighted by Gasteiger charge is -2.35. The van der Waals surface area contributed by atoms with Gasteiger partial charge in [0, 0.05) is 29.5 Å². The first kappa shape index (κ1) is 19.2. The van der Waals surface area contributed by atoms with E-state index in [1.165, 1.54) is 24.9 Å². The summed E-state index contributed by atoms with van der Waals surface area (Å²) in [5, 5.41) is 6.03. The molecule has 3 rings (SSSR count). The van der Waals surface area contributed by atoms with Crippen LogP contribution in [0.3, 0.4) is 0 Å². The molecule has 1 atom stereocenters. The number of carbonyl (C=O) groups excluding carboxylic acids is 1. The number of thiocarbonyl (C=S) groups is 1. The zero-order chi connectivity index (χ0) is 19.2. The van der Waals surface area contributed by atoms with Crippen molar-refractivity contribution in [1.82, 2.24) is 5.32 Å². The summed E-state index contributed by atoms with van der Waals surface area (Å²) in [6.07, 6.45) is 3.78. The van der Waals surface area contributed by atoms with Crippen molar-refractivity contribution in [3.8, 4) is 5.75 Å². The van der Waals surface area contributed by atoms with Crippen LogP contribution in [0.1, 0.15) is 36.5 Å². The van der Waals surface area contributed by atoms with Crippen LogP contribution in [-0.4, -0.2) is 30.7 Å². The fraction of sp³-hybridized carbons (Fsp3) is 0.333. The Morgan fingerprint density at radius 3 is 2.44 bits per heavy atom. The third kappa shape index (κ3) is 4.98. The van der Waals surface area contributed by atoms with Gasteiger partial charge in [0.1, 0.15) is 5.75 Å². The number of benzene rings is 2. The van der Waals surface area contributed by atoms with Crippen LogP contribution in [0.15, 0.2) is 48.5 Å². The van der Waals surface area contributed by atoms with Crippen molar-refractivity contribution in [2.24, 2.45) is 0 Å². The average Bonchev–Trinajstić information content (AvgIpc) is 2.69. The molecular formula is C21H25N3O2S. The van der Waals surface area contributed by atoms with Gasteiger partial charge in [0.2, 0.25) is 0 Å². The Balaban J connectivity index is 1.56. The summed E-state index contributed by atoms with van der Waals surface area (Å²) in [6, 6.07) is 15.6. The molecule has 2 N–H and O–H groups in total. The standard InChI is InChI=1S/C21H25N3O2S/c1-15-5-3-4-14-24(15)18-10-8-17(9-11-18)22-21(27)23-20(25)16-6-12-19(26-2)13-7-16/h6-13,15H,3-5,14H2,1-2H3,(H2,22,23,25,27)/t15-/m0/s1. The molecule has 27 heavy (non-hydrogen) atoms. The summed E-state index contributed by atoms with van der Waals surface area (Å²) in [5.74, 6) is 0.448. The van der Waals surface area contributed by atoms with E-state index < -0.39 is 0 Å². The summed E-state index contributed by atoms with van der Waals surface area (Å²) in [7, 11) is 1.59. The Kier molecular flexibility index (Phi) is 6.29. The Labute approximate surface area is 165 Å². The number of hydrogen-bond donors (Lipinski definition) is 2. The quantitative estimate of drug-likeness (QED) is 0.775. The van der Waals surface area contributed by atoms with Gasteiger partial charge >= 0.3 is 0 Å². The molecule has 1 aliphatic heterocycles. The number of ether oxygens (including phenoxy) is 1. The average molecular weight is 384 g/mol. The van der Waals surface area contributed by atoms with Crippen LogP contribution in [0.5, 0.6) is 5.75 Å². The summed E-state index contributed by atoms with van der Waals surface area (Å²) >= 11 is 5.26. The van der Waals surface area contributed by atoms with Gasteiger partial charge < -0.3 is 15.0 Å². The molecule has 0 saturated carbocycles. The van der Waals surface area contributed by atoms with Gasteiger partial charge in [-0.05, 0) is 86.9 Å². The van der Waals surface area contributed by atoms with Crippen molar-refractivity contribution in [2.75, 3.05) is 23.9 Å². The first-order chi connectivity index (χ1) is 13.1. The minimum atomic E-state index is -0.256. The maximum Gasteiger partial charge on any atom is 0.257 e. The molecule has 0 unspecified atom stereocenters.